The number of carbonyl (C=O) groups excluding carboxylic acids is 14. The van der Waals surface area contributed by atoms with Crippen molar-refractivity contribution in [3.05, 3.63) is 144 Å². The second-order valence-electron chi connectivity index (χ2n) is 36.0. The summed E-state index contributed by atoms with van der Waals surface area (Å²) in [6, 6.07) is 14.5. The van der Waals surface area contributed by atoms with Crippen LogP contribution >= 0.6 is 0 Å². The molecule has 46 heteroatoms. The molecule has 4 aromatic carbocycles. The Morgan fingerprint density at radius 1 is 0.243 bits per heavy atom. The molecule has 41 N–H and O–H groups in total. The van der Waals surface area contributed by atoms with Gasteiger partial charge in [0, 0.05) is 45.3 Å². The van der Waals surface area contributed by atoms with Crippen LogP contribution in [0.2, 0.25) is 0 Å². The quantitative estimate of drug-likeness (QED) is 0.0115. The number of benzene rings is 4. The van der Waals surface area contributed by atoms with E-state index >= 15 is 38.4 Å². The maximum absolute atomic E-state index is 15.4. The van der Waals surface area contributed by atoms with Crippen molar-refractivity contribution in [2.75, 3.05) is 65.4 Å². The van der Waals surface area contributed by atoms with Crippen LogP contribution in [0, 0.1) is 22.1 Å². The summed E-state index contributed by atoms with van der Waals surface area (Å²) in [6.07, 6.45) is 3.30. The SMILES string of the molecule is CC(C)C[C@H](NC(=O)[C@H](CCCCN)NC(=O)[C@H](CCCCN)NC(=O)[C@H](Cc1ccccc1)NC(=O)[C@H](CCCCN)NC(=O)[C@H](CCCCN)NC(=O)[C@H](CCCNC(=N)N)NC(=O)[C@H](Cc1ccccc1)NC(=O)[C@H](CCCNC(=N)N)NC(=O)[C@H](CCCCN)NC(=O)[C@H](Cc1ccccc1)NC(=O)[C@H](CCCNC(=N)N)NC(=O)CN)C(=O)N[C@@H](Cc1ccccc1)C(=O)N[C@@H](CCCCN)C(=O)O. The lowest BCUT2D eigenvalue weighted by atomic mass is 9.99. The molecule has 0 aliphatic rings. The summed E-state index contributed by atoms with van der Waals surface area (Å²) < 4.78 is 0. The Kier molecular flexibility index (Phi) is 60.5. The monoisotopic (exact) mass is 2010 g/mol. The summed E-state index contributed by atoms with van der Waals surface area (Å²) in [6.45, 7) is 4.51. The number of hydrogen-bond donors (Lipinski definition) is 31. The summed E-state index contributed by atoms with van der Waals surface area (Å²) in [5.41, 5.74) is 60.3. The molecule has 0 radical (unpaired) electrons. The van der Waals surface area contributed by atoms with Crippen LogP contribution in [-0.2, 0) is 97.6 Å². The van der Waals surface area contributed by atoms with E-state index in [4.69, 9.17) is 73.6 Å². The summed E-state index contributed by atoms with van der Waals surface area (Å²) >= 11 is 0. The van der Waals surface area contributed by atoms with Crippen LogP contribution in [-0.4, -0.2) is 262 Å². The first-order valence-corrected chi connectivity index (χ1v) is 49.8. The van der Waals surface area contributed by atoms with Gasteiger partial charge >= 0.3 is 5.97 Å². The van der Waals surface area contributed by atoms with Crippen molar-refractivity contribution in [1.82, 2.24) is 90.4 Å². The molecule has 0 fully saturated rings. The normalized spacial score (nSPS) is 14.0. The molecule has 4 rings (SSSR count). The smallest absolute Gasteiger partial charge is 0.326 e. The lowest BCUT2D eigenvalue weighted by Gasteiger charge is -2.29. The van der Waals surface area contributed by atoms with Crippen molar-refractivity contribution in [1.29, 1.82) is 16.2 Å². The van der Waals surface area contributed by atoms with Crippen molar-refractivity contribution < 1.29 is 77.0 Å². The highest BCUT2D eigenvalue weighted by molar-refractivity contribution is 6.01. The first-order chi connectivity index (χ1) is 69.1. The van der Waals surface area contributed by atoms with E-state index in [0.29, 0.717) is 80.2 Å². The Bertz CT molecular complexity index is 4610. The highest BCUT2D eigenvalue weighted by Crippen LogP contribution is 2.18. The molecule has 0 saturated carbocycles. The third kappa shape index (κ3) is 50.4. The van der Waals surface area contributed by atoms with E-state index < -0.39 is 192 Å². The number of unbranched alkanes of at least 4 members (excludes halogenated alkanes) is 6. The lowest BCUT2D eigenvalue weighted by Crippen LogP contribution is -2.61. The second kappa shape index (κ2) is 71.0. The topological polar surface area (TPSA) is 813 Å². The average Bonchev–Trinajstić information content (AvgIpc) is 0.871. The third-order valence-electron chi connectivity index (χ3n) is 23.5. The minimum atomic E-state index is -1.56. The minimum absolute atomic E-state index is 0.00364. The van der Waals surface area contributed by atoms with Gasteiger partial charge in [0.1, 0.15) is 84.6 Å². The van der Waals surface area contributed by atoms with Crippen LogP contribution in [0.4, 0.5) is 0 Å². The van der Waals surface area contributed by atoms with Gasteiger partial charge in [0.25, 0.3) is 0 Å². The highest BCUT2D eigenvalue weighted by atomic mass is 16.4. The Morgan fingerprint density at radius 2 is 0.417 bits per heavy atom. The number of amides is 14. The van der Waals surface area contributed by atoms with Crippen LogP contribution < -0.4 is 148 Å². The summed E-state index contributed by atoms with van der Waals surface area (Å²) in [5.74, 6) is -14.5. The number of aliphatic carboxylic acids is 1. The molecule has 4 aromatic rings. The molecule has 0 bridgehead atoms. The number of guanidine groups is 3. The Morgan fingerprint density at radius 3 is 0.611 bits per heavy atom. The fourth-order valence-corrected chi connectivity index (χ4v) is 15.7. The molecule has 144 heavy (non-hydrogen) atoms. The molecule has 46 nitrogen and oxygen atoms in total. The van der Waals surface area contributed by atoms with Crippen molar-refractivity contribution in [3.8, 4) is 0 Å². The largest absolute Gasteiger partial charge is 0.480 e. The predicted molar refractivity (Wildman–Crippen MR) is 549 cm³/mol. The first-order valence-electron chi connectivity index (χ1n) is 49.8. The van der Waals surface area contributed by atoms with E-state index in [0.717, 1.165) is 0 Å². The maximum atomic E-state index is 15.4. The van der Waals surface area contributed by atoms with Gasteiger partial charge in [-0.25, -0.2) is 4.79 Å². The first kappa shape index (κ1) is 123. The van der Waals surface area contributed by atoms with Crippen LogP contribution in [0.15, 0.2) is 121 Å². The number of carboxylic acids is 1. The highest BCUT2D eigenvalue weighted by Gasteiger charge is 2.40. The number of carbonyl (C=O) groups is 15. The Labute approximate surface area is 843 Å². The predicted octanol–water partition coefficient (Wildman–Crippen LogP) is -3.60. The van der Waals surface area contributed by atoms with E-state index in [-0.39, 0.29) is 199 Å². The van der Waals surface area contributed by atoms with E-state index in [1.807, 2.05) is 13.8 Å². The molecular weight excluding hydrogens is 1850 g/mol. The summed E-state index contributed by atoms with van der Waals surface area (Å²) in [7, 11) is 0. The second-order valence-corrected chi connectivity index (χ2v) is 36.0. The summed E-state index contributed by atoms with van der Waals surface area (Å²) in [4.78, 5) is 220. The zero-order valence-corrected chi connectivity index (χ0v) is 83.1. The molecule has 0 aliphatic heterocycles. The zero-order valence-electron chi connectivity index (χ0n) is 83.1. The van der Waals surface area contributed by atoms with Crippen molar-refractivity contribution in [3.63, 3.8) is 0 Å². The molecule has 0 spiro atoms. The molecule has 0 aliphatic carbocycles. The van der Waals surface area contributed by atoms with Gasteiger partial charge in [-0.1, -0.05) is 135 Å². The Hall–Kier alpha value is -13.5. The minimum Gasteiger partial charge on any atom is -0.480 e. The van der Waals surface area contributed by atoms with Crippen LogP contribution in [0.25, 0.3) is 0 Å². The Balaban J connectivity index is 1.75. The van der Waals surface area contributed by atoms with Crippen molar-refractivity contribution in [2.24, 2.45) is 63.3 Å². The van der Waals surface area contributed by atoms with E-state index in [1.165, 1.54) is 0 Å². The number of nitrogens with one attached hydrogen (secondary N) is 20. The average molecular weight is 2010 g/mol. The van der Waals surface area contributed by atoms with Gasteiger partial charge in [0.2, 0.25) is 82.7 Å². The van der Waals surface area contributed by atoms with Gasteiger partial charge in [-0.05, 0) is 228 Å². The molecule has 14 amide bonds. The van der Waals surface area contributed by atoms with Crippen LogP contribution in [0.5, 0.6) is 0 Å². The third-order valence-corrected chi connectivity index (χ3v) is 23.5. The van der Waals surface area contributed by atoms with E-state index in [2.05, 4.69) is 90.4 Å². The van der Waals surface area contributed by atoms with Gasteiger partial charge in [-0.2, -0.15) is 0 Å². The van der Waals surface area contributed by atoms with E-state index in [1.54, 1.807) is 121 Å². The number of nitrogens with two attached hydrogens (primary N) is 10. The van der Waals surface area contributed by atoms with Crippen molar-refractivity contribution >= 4 is 107 Å². The van der Waals surface area contributed by atoms with E-state index in [9.17, 15) is 38.7 Å². The van der Waals surface area contributed by atoms with Gasteiger partial charge in [-0.3, -0.25) is 83.4 Å². The molecule has 0 heterocycles. The van der Waals surface area contributed by atoms with Gasteiger partial charge < -0.3 is 153 Å². The standard InChI is InChI=1S/C98H160N30O16/c1-62(2)56-76(90(138)128-80(60-66-36-13-6-14-37-66)94(142)123-75(95(143)144)43-20-26-52-104)124-87(135)71(41-18-24-50-102)117-84(132)69(39-16-22-48-100)120-92(140)78(58-64-32-9-4-10-33-64)126-88(136)72(42-19-25-51-103)118-83(131)68(38-15-21-47-99)116-86(134)73(45-28-54-113-97(108)109)122-93(141)79(59-65-34-11-5-12-35-65)127-89(137)74(46-29-55-114-98(110)111)119-85(133)70(40-17-23-49-101)121-91(139)77(57-63-30-7-3-8-31-63)125-82(130)67(115-81(129)61-105)44-27-53-112-96(106)107/h3-14,30-37,62,67-80H,15-29,38-61,99-105H2,1-2H3,(H,115,129)(H,116,134)(H,117,132)(H,118,131)(H,119,133)(H,120,140)(H,121,139)(H,122,141)(H,123,142)(H,124,135)(H,125,130)(H,126,136)(H,127,137)(H,128,138)(H,143,144)(H4,106,107,112)(H4,108,109,113)(H4,110,111,114)/t67-,68-,69-,70-,71-,72-,73-,74-,75-,76-,77-,78-,79-,80-/m0/s1. The van der Waals surface area contributed by atoms with Crippen LogP contribution in [0.3, 0.4) is 0 Å². The molecule has 0 aromatic heterocycles. The molecule has 798 valence electrons. The van der Waals surface area contributed by atoms with Gasteiger partial charge in [0.05, 0.1) is 6.54 Å². The fraction of sp³-hybridized carbons (Fsp3) is 0.571. The molecule has 0 unspecified atom stereocenters. The molecule has 14 atom stereocenters. The van der Waals surface area contributed by atoms with Gasteiger partial charge in [-0.15, -0.1) is 0 Å². The number of rotatable bonds is 75. The lowest BCUT2D eigenvalue weighted by molar-refractivity contribution is -0.142. The van der Waals surface area contributed by atoms with Crippen molar-refractivity contribution in [2.45, 2.75) is 285 Å². The van der Waals surface area contributed by atoms with Crippen LogP contribution in [0.1, 0.15) is 197 Å². The molecular formula is C98H160N30O16. The summed E-state index contributed by atoms with van der Waals surface area (Å²) in [5, 5.41) is 80.0. The zero-order chi connectivity index (χ0) is 106. The number of hydrogen-bond acceptors (Lipinski definition) is 25. The molecule has 0 saturated heterocycles. The fourth-order valence-electron chi connectivity index (χ4n) is 15.7. The maximum Gasteiger partial charge on any atom is 0.326 e. The van der Waals surface area contributed by atoms with Gasteiger partial charge in [0.15, 0.2) is 17.9 Å². The number of carboxylic acid groups (broad SMARTS) is 1.